The van der Waals surface area contributed by atoms with Crippen LogP contribution in [0.25, 0.3) is 10.9 Å². The molecule has 3 rings (SSSR count). The van der Waals surface area contributed by atoms with E-state index in [0.29, 0.717) is 5.92 Å². The molecule has 2 aromatic rings. The van der Waals surface area contributed by atoms with Crippen LogP contribution in [0.3, 0.4) is 0 Å². The van der Waals surface area contributed by atoms with Crippen molar-refractivity contribution in [3.63, 3.8) is 0 Å². The highest BCUT2D eigenvalue weighted by atomic mass is 19.1. The van der Waals surface area contributed by atoms with Crippen LogP contribution in [0.5, 0.6) is 0 Å². The van der Waals surface area contributed by atoms with E-state index in [9.17, 15) is 4.39 Å². The molecule has 5 nitrogen and oxygen atoms in total. The Bertz CT molecular complexity index is 712. The van der Waals surface area contributed by atoms with Crippen molar-refractivity contribution in [2.75, 3.05) is 40.4 Å². The third-order valence-electron chi connectivity index (χ3n) is 4.61. The summed E-state index contributed by atoms with van der Waals surface area (Å²) in [5.74, 6) is 1.31. The minimum atomic E-state index is -0.214. The van der Waals surface area contributed by atoms with Crippen molar-refractivity contribution in [2.45, 2.75) is 12.8 Å². The first-order chi connectivity index (χ1) is 11.7. The number of hydrogen-bond acceptors (Lipinski definition) is 2. The van der Waals surface area contributed by atoms with E-state index in [4.69, 9.17) is 4.74 Å². The normalized spacial score (nSPS) is 18.5. The number of likely N-dealkylation sites (tertiary alicyclic amines) is 1. The Morgan fingerprint density at radius 3 is 3.17 bits per heavy atom. The van der Waals surface area contributed by atoms with Crippen molar-refractivity contribution in [1.82, 2.24) is 15.2 Å². The molecule has 1 atom stereocenters. The Balaban J connectivity index is 1.55. The average Bonchev–Trinajstić information content (AvgIpc) is 3.19. The van der Waals surface area contributed by atoms with E-state index in [1.165, 1.54) is 17.7 Å². The van der Waals surface area contributed by atoms with E-state index < -0.39 is 0 Å². The molecule has 1 aromatic heterocycles. The summed E-state index contributed by atoms with van der Waals surface area (Å²) in [6.45, 7) is 3.60. The van der Waals surface area contributed by atoms with Gasteiger partial charge in [-0.15, -0.1) is 0 Å². The number of fused-ring (bicyclic) bond motifs is 1. The number of nitrogens with one attached hydrogen (secondary N) is 2. The molecule has 1 aromatic carbocycles. The molecule has 0 bridgehead atoms. The number of benzene rings is 1. The zero-order chi connectivity index (χ0) is 16.9. The van der Waals surface area contributed by atoms with E-state index in [1.807, 2.05) is 19.3 Å². The monoisotopic (exact) mass is 332 g/mol. The molecule has 24 heavy (non-hydrogen) atoms. The maximum absolute atomic E-state index is 13.2. The van der Waals surface area contributed by atoms with E-state index in [0.717, 1.165) is 55.9 Å². The van der Waals surface area contributed by atoms with Crippen LogP contribution in [0, 0.1) is 11.7 Å². The Morgan fingerprint density at radius 2 is 2.38 bits per heavy atom. The van der Waals surface area contributed by atoms with Crippen LogP contribution in [-0.2, 0) is 11.2 Å². The predicted octanol–water partition coefficient (Wildman–Crippen LogP) is 2.39. The van der Waals surface area contributed by atoms with Gasteiger partial charge in [-0.05, 0) is 36.6 Å². The largest absolute Gasteiger partial charge is 0.384 e. The van der Waals surface area contributed by atoms with Crippen LogP contribution in [0.1, 0.15) is 12.0 Å². The smallest absolute Gasteiger partial charge is 0.193 e. The molecule has 1 fully saturated rings. The number of rotatable bonds is 5. The minimum Gasteiger partial charge on any atom is -0.384 e. The van der Waals surface area contributed by atoms with E-state index in [-0.39, 0.29) is 5.82 Å². The first-order valence-electron chi connectivity index (χ1n) is 8.41. The number of halogens is 1. The van der Waals surface area contributed by atoms with Crippen LogP contribution in [0.15, 0.2) is 29.4 Å². The third-order valence-corrected chi connectivity index (χ3v) is 4.61. The molecule has 1 unspecified atom stereocenters. The maximum atomic E-state index is 13.2. The highest BCUT2D eigenvalue weighted by Gasteiger charge is 2.24. The summed E-state index contributed by atoms with van der Waals surface area (Å²) in [5, 5.41) is 4.51. The number of nitrogens with zero attached hydrogens (tertiary/aromatic N) is 2. The second kappa shape index (κ2) is 7.66. The van der Waals surface area contributed by atoms with Gasteiger partial charge in [0.15, 0.2) is 5.96 Å². The van der Waals surface area contributed by atoms with Crippen molar-refractivity contribution in [1.29, 1.82) is 0 Å². The van der Waals surface area contributed by atoms with Crippen molar-refractivity contribution in [2.24, 2.45) is 10.9 Å². The quantitative estimate of drug-likeness (QED) is 0.653. The van der Waals surface area contributed by atoms with Gasteiger partial charge in [0.1, 0.15) is 5.82 Å². The summed E-state index contributed by atoms with van der Waals surface area (Å²) >= 11 is 0. The molecule has 1 aliphatic heterocycles. The summed E-state index contributed by atoms with van der Waals surface area (Å²) in [4.78, 5) is 9.81. The fourth-order valence-corrected chi connectivity index (χ4v) is 3.40. The lowest BCUT2D eigenvalue weighted by Crippen LogP contribution is -2.41. The van der Waals surface area contributed by atoms with E-state index in [2.05, 4.69) is 20.2 Å². The first-order valence-corrected chi connectivity index (χ1v) is 8.41. The van der Waals surface area contributed by atoms with E-state index >= 15 is 0 Å². The molecule has 0 radical (unpaired) electrons. The minimum absolute atomic E-state index is 0.214. The van der Waals surface area contributed by atoms with Crippen LogP contribution in [-0.4, -0.2) is 56.2 Å². The number of hydrogen-bond donors (Lipinski definition) is 2. The molecule has 0 saturated carbocycles. The summed E-state index contributed by atoms with van der Waals surface area (Å²) in [7, 11) is 3.57. The zero-order valence-electron chi connectivity index (χ0n) is 14.3. The first kappa shape index (κ1) is 16.8. The topological polar surface area (TPSA) is 52.7 Å². The molecule has 6 heteroatoms. The summed E-state index contributed by atoms with van der Waals surface area (Å²) in [6.07, 6.45) is 3.96. The molecule has 2 N–H and O–H groups in total. The number of methoxy groups -OCH3 is 1. The van der Waals surface area contributed by atoms with Gasteiger partial charge in [-0.2, -0.15) is 0 Å². The number of aliphatic imine (C=N–C) groups is 1. The molecule has 2 heterocycles. The molecular formula is C18H25FN4O. The van der Waals surface area contributed by atoms with Crippen LogP contribution >= 0.6 is 0 Å². The Morgan fingerprint density at radius 1 is 1.50 bits per heavy atom. The van der Waals surface area contributed by atoms with Gasteiger partial charge in [-0.3, -0.25) is 4.99 Å². The Labute approximate surface area is 141 Å². The van der Waals surface area contributed by atoms with E-state index in [1.54, 1.807) is 7.11 Å². The van der Waals surface area contributed by atoms with Crippen molar-refractivity contribution in [3.8, 4) is 0 Å². The van der Waals surface area contributed by atoms with Gasteiger partial charge in [0.05, 0.1) is 6.61 Å². The number of ether oxygens (including phenoxy) is 1. The summed E-state index contributed by atoms with van der Waals surface area (Å²) in [6, 6.07) is 4.87. The predicted molar refractivity (Wildman–Crippen MR) is 94.9 cm³/mol. The summed E-state index contributed by atoms with van der Waals surface area (Å²) in [5.41, 5.74) is 2.03. The SMILES string of the molecule is CN=C(NCCc1c[nH]c2cc(F)ccc12)N1CCC(COC)C1. The lowest BCUT2D eigenvalue weighted by atomic mass is 10.1. The molecular weight excluding hydrogens is 307 g/mol. The molecule has 130 valence electrons. The van der Waals surface area contributed by atoms with Crippen molar-refractivity contribution >= 4 is 16.9 Å². The van der Waals surface area contributed by atoms with Gasteiger partial charge in [0, 0.05) is 56.8 Å². The summed E-state index contributed by atoms with van der Waals surface area (Å²) < 4.78 is 18.5. The maximum Gasteiger partial charge on any atom is 0.193 e. The zero-order valence-corrected chi connectivity index (χ0v) is 14.3. The van der Waals surface area contributed by atoms with Gasteiger partial charge in [-0.25, -0.2) is 4.39 Å². The van der Waals surface area contributed by atoms with Crippen LogP contribution < -0.4 is 5.32 Å². The van der Waals surface area contributed by atoms with Gasteiger partial charge in [-0.1, -0.05) is 0 Å². The fourth-order valence-electron chi connectivity index (χ4n) is 3.40. The number of H-pyrrole nitrogens is 1. The van der Waals surface area contributed by atoms with Crippen LogP contribution in [0.4, 0.5) is 4.39 Å². The van der Waals surface area contributed by atoms with Crippen LogP contribution in [0.2, 0.25) is 0 Å². The lowest BCUT2D eigenvalue weighted by molar-refractivity contribution is 0.157. The standard InChI is InChI=1S/C18H25FN4O/c1-20-18(23-8-6-13(11-23)12-24-2)21-7-5-14-10-22-17-9-15(19)3-4-16(14)17/h3-4,9-10,13,22H,5-8,11-12H2,1-2H3,(H,20,21). The van der Waals surface area contributed by atoms with Gasteiger partial charge < -0.3 is 19.9 Å². The fraction of sp³-hybridized carbons (Fsp3) is 0.500. The average molecular weight is 332 g/mol. The number of aromatic amines is 1. The number of aromatic nitrogens is 1. The van der Waals surface area contributed by atoms with Crippen molar-refractivity contribution in [3.05, 3.63) is 35.8 Å². The Hall–Kier alpha value is -2.08. The molecule has 0 spiro atoms. The molecule has 1 aliphatic rings. The number of guanidine groups is 1. The highest BCUT2D eigenvalue weighted by molar-refractivity contribution is 5.83. The van der Waals surface area contributed by atoms with Crippen molar-refractivity contribution < 1.29 is 9.13 Å². The van der Waals surface area contributed by atoms with Gasteiger partial charge in [0.2, 0.25) is 0 Å². The molecule has 0 aliphatic carbocycles. The third kappa shape index (κ3) is 3.70. The van der Waals surface area contributed by atoms with Gasteiger partial charge >= 0.3 is 0 Å². The Kier molecular flexibility index (Phi) is 5.35. The second-order valence-electron chi connectivity index (χ2n) is 6.28. The molecule has 0 amide bonds. The van der Waals surface area contributed by atoms with Gasteiger partial charge in [0.25, 0.3) is 0 Å². The second-order valence-corrected chi connectivity index (χ2v) is 6.28. The molecule has 1 saturated heterocycles. The lowest BCUT2D eigenvalue weighted by Gasteiger charge is -2.21. The highest BCUT2D eigenvalue weighted by Crippen LogP contribution is 2.20.